The minimum Gasteiger partial charge on any atom is -0.374 e. The van der Waals surface area contributed by atoms with Crippen LogP contribution in [0, 0.1) is 12.3 Å². The van der Waals surface area contributed by atoms with Crippen LogP contribution < -0.4 is 10.6 Å². The summed E-state index contributed by atoms with van der Waals surface area (Å²) in [6.07, 6.45) is 1.02. The largest absolute Gasteiger partial charge is 0.374 e. The van der Waals surface area contributed by atoms with Crippen molar-refractivity contribution in [1.82, 2.24) is 0 Å². The van der Waals surface area contributed by atoms with Crippen LogP contribution >= 0.6 is 0 Å². The van der Waals surface area contributed by atoms with Crippen molar-refractivity contribution < 1.29 is 0 Å². The Morgan fingerprint density at radius 3 is 2.35 bits per heavy atom. The van der Waals surface area contributed by atoms with Crippen molar-refractivity contribution in [1.29, 1.82) is 0 Å². The van der Waals surface area contributed by atoms with E-state index < -0.39 is 0 Å². The standard InChI is InChI=1S/C15H26N2/c1-12-8-6-7-9-13(12)17(5)11-10-14(16)15(2,3)4/h6-9,14H,10-11,16H2,1-5H3. The fourth-order valence-electron chi connectivity index (χ4n) is 1.88. The van der Waals surface area contributed by atoms with Crippen LogP contribution in [-0.4, -0.2) is 19.6 Å². The van der Waals surface area contributed by atoms with Crippen LogP contribution in [0.25, 0.3) is 0 Å². The molecular weight excluding hydrogens is 208 g/mol. The number of para-hydroxylation sites is 1. The Balaban J connectivity index is 2.57. The van der Waals surface area contributed by atoms with Gasteiger partial charge in [-0.2, -0.15) is 0 Å². The van der Waals surface area contributed by atoms with Gasteiger partial charge in [-0.25, -0.2) is 0 Å². The third kappa shape index (κ3) is 4.04. The van der Waals surface area contributed by atoms with Crippen molar-refractivity contribution in [2.75, 3.05) is 18.5 Å². The van der Waals surface area contributed by atoms with E-state index in [1.54, 1.807) is 0 Å². The molecule has 0 radical (unpaired) electrons. The van der Waals surface area contributed by atoms with Gasteiger partial charge in [-0.15, -0.1) is 0 Å². The van der Waals surface area contributed by atoms with Gasteiger partial charge in [0, 0.05) is 25.3 Å². The summed E-state index contributed by atoms with van der Waals surface area (Å²) in [4.78, 5) is 2.29. The Bertz CT molecular complexity index is 352. The average molecular weight is 234 g/mol. The Hall–Kier alpha value is -1.02. The predicted molar refractivity (Wildman–Crippen MR) is 76.5 cm³/mol. The van der Waals surface area contributed by atoms with Crippen molar-refractivity contribution in [3.63, 3.8) is 0 Å². The van der Waals surface area contributed by atoms with E-state index in [1.165, 1.54) is 11.3 Å². The quantitative estimate of drug-likeness (QED) is 0.867. The summed E-state index contributed by atoms with van der Waals surface area (Å²) < 4.78 is 0. The van der Waals surface area contributed by atoms with Gasteiger partial charge in [-0.3, -0.25) is 0 Å². The first-order chi connectivity index (χ1) is 7.82. The third-order valence-corrected chi connectivity index (χ3v) is 3.41. The molecular formula is C15H26N2. The van der Waals surface area contributed by atoms with Crippen LogP contribution in [0.5, 0.6) is 0 Å². The first-order valence-corrected chi connectivity index (χ1v) is 6.34. The summed E-state index contributed by atoms with van der Waals surface area (Å²) in [5, 5.41) is 0. The molecule has 96 valence electrons. The predicted octanol–water partition coefficient (Wildman–Crippen LogP) is 3.19. The van der Waals surface area contributed by atoms with Gasteiger partial charge in [0.05, 0.1) is 0 Å². The first-order valence-electron chi connectivity index (χ1n) is 6.34. The van der Waals surface area contributed by atoms with Crippen molar-refractivity contribution in [2.24, 2.45) is 11.1 Å². The lowest BCUT2D eigenvalue weighted by Crippen LogP contribution is -2.38. The summed E-state index contributed by atoms with van der Waals surface area (Å²) in [6.45, 7) is 9.75. The number of hydrogen-bond acceptors (Lipinski definition) is 2. The van der Waals surface area contributed by atoms with Crippen molar-refractivity contribution in [3.05, 3.63) is 29.8 Å². The molecule has 2 heteroatoms. The van der Waals surface area contributed by atoms with E-state index >= 15 is 0 Å². The maximum Gasteiger partial charge on any atom is 0.0393 e. The molecule has 0 bridgehead atoms. The molecule has 1 aromatic rings. The minimum atomic E-state index is 0.187. The molecule has 1 unspecified atom stereocenters. The maximum atomic E-state index is 6.19. The summed E-state index contributed by atoms with van der Waals surface area (Å²) in [5.41, 5.74) is 8.99. The SMILES string of the molecule is Cc1ccccc1N(C)CCC(N)C(C)(C)C. The molecule has 2 N–H and O–H groups in total. The van der Waals surface area contributed by atoms with Gasteiger partial charge in [-0.05, 0) is 30.4 Å². The summed E-state index contributed by atoms with van der Waals surface area (Å²) >= 11 is 0. The summed E-state index contributed by atoms with van der Waals surface area (Å²) in [6, 6.07) is 8.72. The van der Waals surface area contributed by atoms with E-state index in [1.807, 2.05) is 0 Å². The molecule has 0 amide bonds. The third-order valence-electron chi connectivity index (χ3n) is 3.41. The fourth-order valence-corrected chi connectivity index (χ4v) is 1.88. The second-order valence-electron chi connectivity index (χ2n) is 5.97. The molecule has 0 aliphatic rings. The number of nitrogens with zero attached hydrogens (tertiary/aromatic N) is 1. The second kappa shape index (κ2) is 5.54. The maximum absolute atomic E-state index is 6.19. The first kappa shape index (κ1) is 14.0. The molecule has 0 aliphatic carbocycles. The molecule has 2 nitrogen and oxygen atoms in total. The average Bonchev–Trinajstić information content (AvgIpc) is 2.24. The molecule has 0 heterocycles. The second-order valence-corrected chi connectivity index (χ2v) is 5.97. The zero-order valence-corrected chi connectivity index (χ0v) is 11.8. The van der Waals surface area contributed by atoms with Gasteiger partial charge in [0.1, 0.15) is 0 Å². The number of hydrogen-bond donors (Lipinski definition) is 1. The number of rotatable bonds is 4. The normalized spacial score (nSPS) is 13.5. The number of aryl methyl sites for hydroxylation is 1. The smallest absolute Gasteiger partial charge is 0.0393 e. The highest BCUT2D eigenvalue weighted by molar-refractivity contribution is 5.52. The van der Waals surface area contributed by atoms with Gasteiger partial charge >= 0.3 is 0 Å². The molecule has 17 heavy (non-hydrogen) atoms. The molecule has 0 spiro atoms. The van der Waals surface area contributed by atoms with E-state index in [4.69, 9.17) is 5.73 Å². The molecule has 0 saturated carbocycles. The molecule has 0 aliphatic heterocycles. The highest BCUT2D eigenvalue weighted by Crippen LogP contribution is 2.22. The van der Waals surface area contributed by atoms with Gasteiger partial charge in [-0.1, -0.05) is 39.0 Å². The van der Waals surface area contributed by atoms with Crippen molar-refractivity contribution in [3.8, 4) is 0 Å². The van der Waals surface area contributed by atoms with Gasteiger partial charge < -0.3 is 10.6 Å². The Morgan fingerprint density at radius 2 is 1.82 bits per heavy atom. The molecule has 1 atom stereocenters. The number of nitrogens with two attached hydrogens (primary N) is 1. The molecule has 0 fully saturated rings. The Labute approximate surface area is 106 Å². The van der Waals surface area contributed by atoms with Crippen molar-refractivity contribution >= 4 is 5.69 Å². The zero-order valence-electron chi connectivity index (χ0n) is 11.8. The van der Waals surface area contributed by atoms with Gasteiger partial charge in [0.15, 0.2) is 0 Å². The number of benzene rings is 1. The van der Waals surface area contributed by atoms with Crippen LogP contribution in [0.3, 0.4) is 0 Å². The van der Waals surface area contributed by atoms with Crippen LogP contribution in [-0.2, 0) is 0 Å². The fraction of sp³-hybridized carbons (Fsp3) is 0.600. The lowest BCUT2D eigenvalue weighted by molar-refractivity contribution is 0.308. The Kier molecular flexibility index (Phi) is 4.58. The van der Waals surface area contributed by atoms with Gasteiger partial charge in [0.2, 0.25) is 0 Å². The van der Waals surface area contributed by atoms with Crippen LogP contribution in [0.1, 0.15) is 32.8 Å². The molecule has 0 aromatic heterocycles. The van der Waals surface area contributed by atoms with Crippen LogP contribution in [0.4, 0.5) is 5.69 Å². The van der Waals surface area contributed by atoms with Crippen molar-refractivity contribution in [2.45, 2.75) is 40.2 Å². The summed E-state index contributed by atoms with van der Waals surface area (Å²) in [5.74, 6) is 0. The highest BCUT2D eigenvalue weighted by Gasteiger charge is 2.20. The highest BCUT2D eigenvalue weighted by atomic mass is 15.1. The topological polar surface area (TPSA) is 29.3 Å². The van der Waals surface area contributed by atoms with Gasteiger partial charge in [0.25, 0.3) is 0 Å². The van der Waals surface area contributed by atoms with E-state index in [-0.39, 0.29) is 11.5 Å². The van der Waals surface area contributed by atoms with E-state index in [0.29, 0.717) is 0 Å². The van der Waals surface area contributed by atoms with E-state index in [9.17, 15) is 0 Å². The molecule has 1 aromatic carbocycles. The lowest BCUT2D eigenvalue weighted by atomic mass is 9.85. The molecule has 0 saturated heterocycles. The molecule has 1 rings (SSSR count). The minimum absolute atomic E-state index is 0.187. The van der Waals surface area contributed by atoms with E-state index in [0.717, 1.165) is 13.0 Å². The summed E-state index contributed by atoms with van der Waals surface area (Å²) in [7, 11) is 2.14. The van der Waals surface area contributed by atoms with Crippen LogP contribution in [0.2, 0.25) is 0 Å². The monoisotopic (exact) mass is 234 g/mol. The lowest BCUT2D eigenvalue weighted by Gasteiger charge is -2.30. The van der Waals surface area contributed by atoms with E-state index in [2.05, 4.69) is 63.9 Å². The Morgan fingerprint density at radius 1 is 1.24 bits per heavy atom. The number of anilines is 1. The van der Waals surface area contributed by atoms with Crippen LogP contribution in [0.15, 0.2) is 24.3 Å². The zero-order chi connectivity index (χ0) is 13.1.